The Hall–Kier alpha value is 0.270. The molecule has 1 aromatic rings. The van der Waals surface area contributed by atoms with Crippen LogP contribution in [0.4, 0.5) is 5.69 Å². The third-order valence-electron chi connectivity index (χ3n) is 2.80. The van der Waals surface area contributed by atoms with Crippen molar-refractivity contribution in [2.45, 2.75) is 19.8 Å². The van der Waals surface area contributed by atoms with Crippen molar-refractivity contribution in [2.24, 2.45) is 0 Å². The number of hydrogen-bond donors (Lipinski definition) is 0. The standard InChI is InChI=1S/C11H12Br2ClN/c1-7-10(14)8(12)6-9(13)11(7)15-4-2-3-5-15/h6H,2-5H2,1H3. The van der Waals surface area contributed by atoms with Gasteiger partial charge in [0, 0.05) is 22.0 Å². The summed E-state index contributed by atoms with van der Waals surface area (Å²) in [5, 5.41) is 0.820. The largest absolute Gasteiger partial charge is 0.370 e. The van der Waals surface area contributed by atoms with Crippen molar-refractivity contribution in [1.29, 1.82) is 0 Å². The highest BCUT2D eigenvalue weighted by atomic mass is 79.9. The van der Waals surface area contributed by atoms with Gasteiger partial charge in [-0.15, -0.1) is 0 Å². The Bertz CT molecular complexity index is 387. The molecule has 0 saturated carbocycles. The van der Waals surface area contributed by atoms with E-state index in [4.69, 9.17) is 11.6 Å². The van der Waals surface area contributed by atoms with E-state index in [1.54, 1.807) is 0 Å². The van der Waals surface area contributed by atoms with Gasteiger partial charge in [0.2, 0.25) is 0 Å². The van der Waals surface area contributed by atoms with Crippen LogP contribution < -0.4 is 4.90 Å². The van der Waals surface area contributed by atoms with Gasteiger partial charge in [-0.3, -0.25) is 0 Å². The molecule has 1 saturated heterocycles. The molecule has 1 fully saturated rings. The second kappa shape index (κ2) is 4.64. The summed E-state index contributed by atoms with van der Waals surface area (Å²) in [4.78, 5) is 2.40. The van der Waals surface area contributed by atoms with Crippen LogP contribution in [-0.2, 0) is 0 Å². The fourth-order valence-corrected chi connectivity index (χ4v) is 3.79. The molecule has 0 aromatic heterocycles. The molecular formula is C11H12Br2ClN. The average Bonchev–Trinajstić information content (AvgIpc) is 2.68. The topological polar surface area (TPSA) is 3.24 Å². The van der Waals surface area contributed by atoms with Gasteiger partial charge in [0.25, 0.3) is 0 Å². The summed E-state index contributed by atoms with van der Waals surface area (Å²) in [6.45, 7) is 4.35. The summed E-state index contributed by atoms with van der Waals surface area (Å²) in [5.74, 6) is 0. The Morgan fingerprint density at radius 2 is 1.80 bits per heavy atom. The van der Waals surface area contributed by atoms with Gasteiger partial charge in [0.15, 0.2) is 0 Å². The molecule has 4 heteroatoms. The average molecular weight is 353 g/mol. The zero-order valence-electron chi connectivity index (χ0n) is 8.49. The van der Waals surface area contributed by atoms with Crippen LogP contribution >= 0.6 is 43.5 Å². The van der Waals surface area contributed by atoms with Gasteiger partial charge >= 0.3 is 0 Å². The summed E-state index contributed by atoms with van der Waals surface area (Å²) < 4.78 is 2.08. The van der Waals surface area contributed by atoms with Crippen LogP contribution in [0, 0.1) is 6.92 Å². The third-order valence-corrected chi connectivity index (χ3v) is 4.74. The van der Waals surface area contributed by atoms with Crippen molar-refractivity contribution in [3.05, 3.63) is 25.6 Å². The summed E-state index contributed by atoms with van der Waals surface area (Å²) in [6.07, 6.45) is 2.55. The Kier molecular flexibility index (Phi) is 3.63. The summed E-state index contributed by atoms with van der Waals surface area (Å²) in [6, 6.07) is 2.03. The molecule has 0 unspecified atom stereocenters. The predicted molar refractivity (Wildman–Crippen MR) is 73.0 cm³/mol. The number of rotatable bonds is 1. The van der Waals surface area contributed by atoms with E-state index < -0.39 is 0 Å². The predicted octanol–water partition coefficient (Wildman–Crippen LogP) is 4.77. The van der Waals surface area contributed by atoms with Crippen molar-refractivity contribution in [3.8, 4) is 0 Å². The minimum Gasteiger partial charge on any atom is -0.370 e. The number of nitrogens with zero attached hydrogens (tertiary/aromatic N) is 1. The number of anilines is 1. The number of hydrogen-bond acceptors (Lipinski definition) is 1. The highest BCUT2D eigenvalue weighted by Crippen LogP contribution is 2.40. The molecule has 0 bridgehead atoms. The molecule has 0 atom stereocenters. The van der Waals surface area contributed by atoms with Crippen LogP contribution in [0.15, 0.2) is 15.0 Å². The highest BCUT2D eigenvalue weighted by molar-refractivity contribution is 9.11. The first-order valence-corrected chi connectivity index (χ1v) is 6.96. The van der Waals surface area contributed by atoms with E-state index in [0.717, 1.165) is 32.6 Å². The third kappa shape index (κ3) is 2.20. The number of benzene rings is 1. The Morgan fingerprint density at radius 1 is 1.20 bits per heavy atom. The first kappa shape index (κ1) is 11.7. The highest BCUT2D eigenvalue weighted by Gasteiger charge is 2.19. The van der Waals surface area contributed by atoms with E-state index in [1.807, 2.05) is 6.07 Å². The lowest BCUT2D eigenvalue weighted by Gasteiger charge is -2.23. The van der Waals surface area contributed by atoms with Crippen LogP contribution in [-0.4, -0.2) is 13.1 Å². The second-order valence-corrected chi connectivity index (χ2v) is 5.91. The van der Waals surface area contributed by atoms with E-state index in [2.05, 4.69) is 43.7 Å². The van der Waals surface area contributed by atoms with E-state index >= 15 is 0 Å². The van der Waals surface area contributed by atoms with Crippen LogP contribution in [0.3, 0.4) is 0 Å². The van der Waals surface area contributed by atoms with Crippen LogP contribution in [0.5, 0.6) is 0 Å². The minimum atomic E-state index is 0.820. The Labute approximate surface area is 112 Å². The molecule has 82 valence electrons. The lowest BCUT2D eigenvalue weighted by atomic mass is 10.2. The molecule has 15 heavy (non-hydrogen) atoms. The van der Waals surface area contributed by atoms with E-state index in [1.165, 1.54) is 18.5 Å². The first-order valence-electron chi connectivity index (χ1n) is 5.00. The lowest BCUT2D eigenvalue weighted by molar-refractivity contribution is 0.949. The normalized spacial score (nSPS) is 16.1. The number of halogens is 3. The molecule has 0 aliphatic carbocycles. The molecule has 1 aromatic carbocycles. The van der Waals surface area contributed by atoms with Gasteiger partial charge < -0.3 is 4.90 Å². The van der Waals surface area contributed by atoms with Crippen LogP contribution in [0.1, 0.15) is 18.4 Å². The molecular weight excluding hydrogens is 341 g/mol. The van der Waals surface area contributed by atoms with Gasteiger partial charge in [0.05, 0.1) is 10.7 Å². The zero-order chi connectivity index (χ0) is 11.0. The van der Waals surface area contributed by atoms with Crippen LogP contribution in [0.2, 0.25) is 5.02 Å². The fourth-order valence-electron chi connectivity index (χ4n) is 2.03. The van der Waals surface area contributed by atoms with Gasteiger partial charge in [-0.25, -0.2) is 0 Å². The van der Waals surface area contributed by atoms with Gasteiger partial charge in [0.1, 0.15) is 0 Å². The fraction of sp³-hybridized carbons (Fsp3) is 0.455. The molecule has 1 heterocycles. The van der Waals surface area contributed by atoms with Crippen LogP contribution in [0.25, 0.3) is 0 Å². The minimum absolute atomic E-state index is 0.820. The maximum Gasteiger partial charge on any atom is 0.0598 e. The zero-order valence-corrected chi connectivity index (χ0v) is 12.4. The first-order chi connectivity index (χ1) is 7.11. The second-order valence-electron chi connectivity index (χ2n) is 3.82. The summed E-state index contributed by atoms with van der Waals surface area (Å²) >= 11 is 13.3. The van der Waals surface area contributed by atoms with E-state index in [0.29, 0.717) is 0 Å². The van der Waals surface area contributed by atoms with Crippen molar-refractivity contribution in [1.82, 2.24) is 0 Å². The quantitative estimate of drug-likeness (QED) is 0.657. The Morgan fingerprint density at radius 3 is 2.40 bits per heavy atom. The van der Waals surface area contributed by atoms with Gasteiger partial charge in [-0.1, -0.05) is 11.6 Å². The summed E-state index contributed by atoms with van der Waals surface area (Å²) in [5.41, 5.74) is 2.40. The molecule has 0 spiro atoms. The van der Waals surface area contributed by atoms with E-state index in [9.17, 15) is 0 Å². The maximum atomic E-state index is 6.24. The molecule has 0 N–H and O–H groups in total. The summed E-state index contributed by atoms with van der Waals surface area (Å²) in [7, 11) is 0. The molecule has 1 aliphatic rings. The SMILES string of the molecule is Cc1c(Cl)c(Br)cc(Br)c1N1CCCC1. The van der Waals surface area contributed by atoms with Gasteiger partial charge in [-0.2, -0.15) is 0 Å². The molecule has 0 amide bonds. The van der Waals surface area contributed by atoms with Crippen molar-refractivity contribution in [2.75, 3.05) is 18.0 Å². The molecule has 1 nitrogen and oxygen atoms in total. The Balaban J connectivity index is 2.50. The molecule has 2 rings (SSSR count). The molecule has 1 aliphatic heterocycles. The van der Waals surface area contributed by atoms with Gasteiger partial charge in [-0.05, 0) is 63.3 Å². The van der Waals surface area contributed by atoms with Crippen molar-refractivity contribution >= 4 is 49.1 Å². The van der Waals surface area contributed by atoms with Crippen molar-refractivity contribution in [3.63, 3.8) is 0 Å². The lowest BCUT2D eigenvalue weighted by Crippen LogP contribution is -2.19. The van der Waals surface area contributed by atoms with Crippen molar-refractivity contribution < 1.29 is 0 Å². The van der Waals surface area contributed by atoms with E-state index in [-0.39, 0.29) is 0 Å². The monoisotopic (exact) mass is 351 g/mol. The smallest absolute Gasteiger partial charge is 0.0598 e. The molecule has 0 radical (unpaired) electrons. The maximum absolute atomic E-state index is 6.24.